The van der Waals surface area contributed by atoms with Crippen molar-refractivity contribution in [3.05, 3.63) is 53.9 Å². The van der Waals surface area contributed by atoms with Gasteiger partial charge in [0.2, 0.25) is 5.95 Å². The van der Waals surface area contributed by atoms with Gasteiger partial charge in [-0.05, 0) is 43.4 Å². The molecular formula is C20H23F3N4O. The molecule has 8 heteroatoms. The first-order valence-corrected chi connectivity index (χ1v) is 9.12. The normalized spacial score (nSPS) is 15.3. The molecular weight excluding hydrogens is 369 g/mol. The van der Waals surface area contributed by atoms with Crippen LogP contribution in [0.15, 0.2) is 37.0 Å². The van der Waals surface area contributed by atoms with Crippen LogP contribution in [0, 0.1) is 12.8 Å². The molecule has 1 aliphatic heterocycles. The van der Waals surface area contributed by atoms with Gasteiger partial charge in [-0.25, -0.2) is 9.97 Å². The summed E-state index contributed by atoms with van der Waals surface area (Å²) < 4.78 is 46.0. The lowest BCUT2D eigenvalue weighted by atomic mass is 10.00. The van der Waals surface area contributed by atoms with Gasteiger partial charge in [0.15, 0.2) is 5.69 Å². The minimum atomic E-state index is -4.62. The lowest BCUT2D eigenvalue weighted by Crippen LogP contribution is -2.27. The third kappa shape index (κ3) is 5.22. The number of halogens is 3. The van der Waals surface area contributed by atoms with Crippen LogP contribution in [0.5, 0.6) is 0 Å². The van der Waals surface area contributed by atoms with E-state index in [1.54, 1.807) is 18.2 Å². The molecule has 2 heterocycles. The molecule has 28 heavy (non-hydrogen) atoms. The minimum Gasteiger partial charge on any atom is -0.385 e. The van der Waals surface area contributed by atoms with Crippen LogP contribution in [0.3, 0.4) is 0 Å². The van der Waals surface area contributed by atoms with Crippen molar-refractivity contribution in [1.82, 2.24) is 15.3 Å². The fraction of sp³-hybridized carbons (Fsp3) is 0.400. The minimum absolute atomic E-state index is 0.112. The van der Waals surface area contributed by atoms with Crippen LogP contribution in [0.25, 0.3) is 5.70 Å². The van der Waals surface area contributed by atoms with E-state index >= 15 is 0 Å². The Morgan fingerprint density at radius 1 is 1.29 bits per heavy atom. The molecule has 3 rings (SSSR count). The van der Waals surface area contributed by atoms with Crippen LogP contribution in [-0.2, 0) is 10.9 Å². The maximum absolute atomic E-state index is 13.6. The largest absolute Gasteiger partial charge is 0.434 e. The van der Waals surface area contributed by atoms with Crippen molar-refractivity contribution in [3.63, 3.8) is 0 Å². The number of nitrogens with zero attached hydrogens (tertiary/aromatic N) is 2. The van der Waals surface area contributed by atoms with E-state index in [1.807, 2.05) is 13.0 Å². The standard InChI is InChI=1S/C20H23F3N4O/c1-13-4-3-5-16(10-13)26-19-25-12-17(18(27-19)20(21,22)23)14(2)24-11-15-6-8-28-9-7-15/h3-5,10,12,15,24H,2,6-9,11H2,1H3,(H,25,26,27). The number of aromatic nitrogens is 2. The second-order valence-electron chi connectivity index (χ2n) is 6.86. The van der Waals surface area contributed by atoms with Crippen molar-refractivity contribution in [1.29, 1.82) is 0 Å². The zero-order chi connectivity index (χ0) is 20.1. The number of ether oxygens (including phenoxy) is 1. The van der Waals surface area contributed by atoms with Gasteiger partial charge in [-0.2, -0.15) is 13.2 Å². The van der Waals surface area contributed by atoms with E-state index in [2.05, 4.69) is 27.2 Å². The summed E-state index contributed by atoms with van der Waals surface area (Å²) in [4.78, 5) is 7.77. The monoisotopic (exact) mass is 392 g/mol. The van der Waals surface area contributed by atoms with Crippen molar-refractivity contribution in [2.24, 2.45) is 5.92 Å². The highest BCUT2D eigenvalue weighted by Gasteiger charge is 2.37. The molecule has 1 aromatic carbocycles. The summed E-state index contributed by atoms with van der Waals surface area (Å²) in [6.45, 7) is 7.55. The topological polar surface area (TPSA) is 59.1 Å². The van der Waals surface area contributed by atoms with Crippen LogP contribution >= 0.6 is 0 Å². The van der Waals surface area contributed by atoms with Gasteiger partial charge in [-0.15, -0.1) is 0 Å². The van der Waals surface area contributed by atoms with E-state index in [-0.39, 0.29) is 17.2 Å². The van der Waals surface area contributed by atoms with E-state index < -0.39 is 11.9 Å². The number of hydrogen-bond acceptors (Lipinski definition) is 5. The quantitative estimate of drug-likeness (QED) is 0.756. The van der Waals surface area contributed by atoms with Crippen molar-refractivity contribution < 1.29 is 17.9 Å². The molecule has 1 fully saturated rings. The summed E-state index contributed by atoms with van der Waals surface area (Å²) in [5.41, 5.74) is 0.609. The van der Waals surface area contributed by atoms with E-state index in [9.17, 15) is 13.2 Å². The molecule has 0 aliphatic carbocycles. The number of anilines is 2. The van der Waals surface area contributed by atoms with E-state index in [0.29, 0.717) is 31.4 Å². The van der Waals surface area contributed by atoms with Gasteiger partial charge in [-0.1, -0.05) is 18.7 Å². The molecule has 5 nitrogen and oxygen atoms in total. The highest BCUT2D eigenvalue weighted by molar-refractivity contribution is 5.65. The Kier molecular flexibility index (Phi) is 6.18. The summed E-state index contributed by atoms with van der Waals surface area (Å²) in [7, 11) is 0. The summed E-state index contributed by atoms with van der Waals surface area (Å²) in [5, 5.41) is 5.83. The molecule has 2 N–H and O–H groups in total. The second-order valence-corrected chi connectivity index (χ2v) is 6.86. The molecule has 0 saturated carbocycles. The van der Waals surface area contributed by atoms with Crippen LogP contribution in [-0.4, -0.2) is 29.7 Å². The fourth-order valence-electron chi connectivity index (χ4n) is 3.04. The summed E-state index contributed by atoms with van der Waals surface area (Å²) in [6, 6.07) is 7.24. The molecule has 0 bridgehead atoms. The van der Waals surface area contributed by atoms with Crippen LogP contribution in [0.1, 0.15) is 29.7 Å². The van der Waals surface area contributed by atoms with Gasteiger partial charge in [0.05, 0.1) is 0 Å². The second kappa shape index (κ2) is 8.60. The lowest BCUT2D eigenvalue weighted by molar-refractivity contribution is -0.141. The average Bonchev–Trinajstić information content (AvgIpc) is 2.66. The van der Waals surface area contributed by atoms with Crippen molar-refractivity contribution >= 4 is 17.3 Å². The molecule has 0 spiro atoms. The van der Waals surface area contributed by atoms with Gasteiger partial charge >= 0.3 is 6.18 Å². The number of hydrogen-bond donors (Lipinski definition) is 2. The molecule has 0 unspecified atom stereocenters. The maximum Gasteiger partial charge on any atom is 0.434 e. The van der Waals surface area contributed by atoms with Gasteiger partial charge < -0.3 is 15.4 Å². The summed E-state index contributed by atoms with van der Waals surface area (Å²) in [6.07, 6.45) is -1.71. The predicted molar refractivity (Wildman–Crippen MR) is 102 cm³/mol. The maximum atomic E-state index is 13.6. The van der Waals surface area contributed by atoms with E-state index in [0.717, 1.165) is 24.6 Å². The number of nitrogens with one attached hydrogen (secondary N) is 2. The van der Waals surface area contributed by atoms with Gasteiger partial charge in [0.1, 0.15) is 0 Å². The van der Waals surface area contributed by atoms with Gasteiger partial charge in [-0.3, -0.25) is 0 Å². The zero-order valence-electron chi connectivity index (χ0n) is 15.6. The fourth-order valence-corrected chi connectivity index (χ4v) is 3.04. The van der Waals surface area contributed by atoms with Crippen LogP contribution < -0.4 is 10.6 Å². The lowest BCUT2D eigenvalue weighted by Gasteiger charge is -2.23. The summed E-state index contributed by atoms with van der Waals surface area (Å²) in [5.74, 6) is 0.238. The molecule has 2 aromatic rings. The third-order valence-corrected chi connectivity index (χ3v) is 4.60. The molecule has 0 radical (unpaired) electrons. The molecule has 1 aliphatic rings. The van der Waals surface area contributed by atoms with Gasteiger partial charge in [0.25, 0.3) is 0 Å². The summed E-state index contributed by atoms with van der Waals surface area (Å²) >= 11 is 0. The van der Waals surface area contributed by atoms with E-state index in [4.69, 9.17) is 4.74 Å². The Labute approximate surface area is 162 Å². The molecule has 0 atom stereocenters. The molecule has 1 aromatic heterocycles. The highest BCUT2D eigenvalue weighted by atomic mass is 19.4. The van der Waals surface area contributed by atoms with Crippen molar-refractivity contribution in [2.45, 2.75) is 25.9 Å². The molecule has 0 amide bonds. The Bertz CT molecular complexity index is 832. The number of rotatable bonds is 6. The Balaban J connectivity index is 1.77. The average molecular weight is 392 g/mol. The van der Waals surface area contributed by atoms with Gasteiger partial charge in [0, 0.05) is 42.9 Å². The first-order chi connectivity index (χ1) is 13.3. The Morgan fingerprint density at radius 3 is 2.71 bits per heavy atom. The Hall–Kier alpha value is -2.61. The zero-order valence-corrected chi connectivity index (χ0v) is 15.6. The number of benzene rings is 1. The molecule has 1 saturated heterocycles. The smallest absolute Gasteiger partial charge is 0.385 e. The van der Waals surface area contributed by atoms with Crippen LogP contribution in [0.2, 0.25) is 0 Å². The first kappa shape index (κ1) is 20.1. The van der Waals surface area contributed by atoms with Crippen LogP contribution in [0.4, 0.5) is 24.8 Å². The number of alkyl halides is 3. The predicted octanol–water partition coefficient (Wildman–Crippen LogP) is 4.53. The Morgan fingerprint density at radius 2 is 2.04 bits per heavy atom. The first-order valence-electron chi connectivity index (χ1n) is 9.12. The van der Waals surface area contributed by atoms with Crippen molar-refractivity contribution in [3.8, 4) is 0 Å². The van der Waals surface area contributed by atoms with Crippen molar-refractivity contribution in [2.75, 3.05) is 25.1 Å². The number of aryl methyl sites for hydroxylation is 1. The molecule has 150 valence electrons. The highest BCUT2D eigenvalue weighted by Crippen LogP contribution is 2.33. The SMILES string of the molecule is C=C(NCC1CCOCC1)c1cnc(Nc2cccc(C)c2)nc1C(F)(F)F. The van der Waals surface area contributed by atoms with E-state index in [1.165, 1.54) is 0 Å². The third-order valence-electron chi connectivity index (χ3n) is 4.60.